The molecule has 136 valence electrons. The number of carbonyl (C=O) groups is 1. The number of nitrogens with zero attached hydrogens (tertiary/aromatic N) is 2. The van der Waals surface area contributed by atoms with Crippen molar-refractivity contribution in [3.05, 3.63) is 52.4 Å². The molecule has 1 saturated heterocycles. The maximum Gasteiger partial charge on any atom is 0.321 e. The SMILES string of the molecule is COc1ccc(NC(=O)N2C[C@@H]3C[C@H](C2)c2ccc(N)c(=O)n2C3)cc1. The fourth-order valence-electron chi connectivity index (χ4n) is 4.01. The number of piperidine rings is 1. The molecule has 0 saturated carbocycles. The van der Waals surface area contributed by atoms with E-state index in [1.807, 2.05) is 35.2 Å². The summed E-state index contributed by atoms with van der Waals surface area (Å²) in [4.78, 5) is 26.8. The third-order valence-electron chi connectivity index (χ3n) is 5.26. The van der Waals surface area contributed by atoms with Crippen molar-refractivity contribution in [2.24, 2.45) is 5.92 Å². The number of anilines is 2. The lowest BCUT2D eigenvalue weighted by molar-refractivity contribution is 0.139. The molecule has 1 aromatic heterocycles. The van der Waals surface area contributed by atoms with Crippen LogP contribution in [0.4, 0.5) is 16.2 Å². The van der Waals surface area contributed by atoms with E-state index in [0.29, 0.717) is 19.6 Å². The minimum Gasteiger partial charge on any atom is -0.497 e. The maximum atomic E-state index is 12.7. The highest BCUT2D eigenvalue weighted by molar-refractivity contribution is 5.89. The van der Waals surface area contributed by atoms with Gasteiger partial charge in [0.05, 0.1) is 12.8 Å². The van der Waals surface area contributed by atoms with E-state index in [0.717, 1.165) is 23.6 Å². The van der Waals surface area contributed by atoms with Crippen LogP contribution in [0, 0.1) is 5.92 Å². The van der Waals surface area contributed by atoms with E-state index in [-0.39, 0.29) is 29.1 Å². The normalized spacial score (nSPS) is 21.0. The number of amides is 2. The third-order valence-corrected chi connectivity index (χ3v) is 5.26. The topological polar surface area (TPSA) is 89.6 Å². The van der Waals surface area contributed by atoms with Crippen molar-refractivity contribution in [1.82, 2.24) is 9.47 Å². The molecule has 0 unspecified atom stereocenters. The lowest BCUT2D eigenvalue weighted by Crippen LogP contribution is -2.50. The van der Waals surface area contributed by atoms with Crippen LogP contribution in [0.2, 0.25) is 0 Å². The molecular formula is C19H22N4O3. The summed E-state index contributed by atoms with van der Waals surface area (Å²) in [7, 11) is 1.61. The number of nitrogens with one attached hydrogen (secondary N) is 1. The van der Waals surface area contributed by atoms with Crippen molar-refractivity contribution < 1.29 is 9.53 Å². The van der Waals surface area contributed by atoms with Crippen LogP contribution in [0.3, 0.4) is 0 Å². The summed E-state index contributed by atoms with van der Waals surface area (Å²) >= 11 is 0. The Hall–Kier alpha value is -2.96. The number of likely N-dealkylation sites (tertiary alicyclic amines) is 1. The number of fused-ring (bicyclic) bond motifs is 4. The number of ether oxygens (including phenoxy) is 1. The van der Waals surface area contributed by atoms with Crippen molar-refractivity contribution in [3.63, 3.8) is 0 Å². The van der Waals surface area contributed by atoms with Gasteiger partial charge in [0.25, 0.3) is 5.56 Å². The Bertz CT molecular complexity index is 891. The van der Waals surface area contributed by atoms with Crippen LogP contribution in [0.25, 0.3) is 0 Å². The van der Waals surface area contributed by atoms with Crippen molar-refractivity contribution in [2.75, 3.05) is 31.2 Å². The van der Waals surface area contributed by atoms with Gasteiger partial charge < -0.3 is 25.3 Å². The first-order chi connectivity index (χ1) is 12.5. The van der Waals surface area contributed by atoms with Crippen LogP contribution in [-0.2, 0) is 6.54 Å². The van der Waals surface area contributed by atoms with Crippen LogP contribution in [0.15, 0.2) is 41.2 Å². The Labute approximate surface area is 151 Å². The van der Waals surface area contributed by atoms with Crippen LogP contribution in [-0.4, -0.2) is 35.7 Å². The van der Waals surface area contributed by atoms with Gasteiger partial charge in [-0.2, -0.15) is 0 Å². The predicted molar refractivity (Wildman–Crippen MR) is 99.5 cm³/mol. The van der Waals surface area contributed by atoms with Gasteiger partial charge >= 0.3 is 6.03 Å². The summed E-state index contributed by atoms with van der Waals surface area (Å²) in [6.45, 7) is 1.85. The lowest BCUT2D eigenvalue weighted by Gasteiger charge is -2.42. The van der Waals surface area contributed by atoms with Crippen LogP contribution in [0.1, 0.15) is 18.0 Å². The molecule has 2 aliphatic rings. The number of nitrogen functional groups attached to an aromatic ring is 1. The van der Waals surface area contributed by atoms with Crippen molar-refractivity contribution in [3.8, 4) is 5.75 Å². The number of hydrogen-bond acceptors (Lipinski definition) is 4. The first-order valence-corrected chi connectivity index (χ1v) is 8.74. The number of hydrogen-bond donors (Lipinski definition) is 2. The van der Waals surface area contributed by atoms with Crippen molar-refractivity contribution >= 4 is 17.4 Å². The number of benzene rings is 1. The lowest BCUT2D eigenvalue weighted by atomic mass is 9.83. The number of aromatic nitrogens is 1. The second-order valence-electron chi connectivity index (χ2n) is 6.99. The molecule has 3 heterocycles. The highest BCUT2D eigenvalue weighted by Gasteiger charge is 2.36. The maximum absolute atomic E-state index is 12.7. The van der Waals surface area contributed by atoms with Crippen LogP contribution < -0.4 is 21.3 Å². The highest BCUT2D eigenvalue weighted by atomic mass is 16.5. The van der Waals surface area contributed by atoms with Crippen molar-refractivity contribution in [1.29, 1.82) is 0 Å². The van der Waals surface area contributed by atoms with Crippen LogP contribution in [0.5, 0.6) is 5.75 Å². The molecule has 2 aromatic rings. The molecule has 26 heavy (non-hydrogen) atoms. The average molecular weight is 354 g/mol. The molecular weight excluding hydrogens is 332 g/mol. The molecule has 4 rings (SSSR count). The summed E-state index contributed by atoms with van der Waals surface area (Å²) in [6.07, 6.45) is 0.996. The molecule has 2 amide bonds. The molecule has 0 aliphatic carbocycles. The highest BCUT2D eigenvalue weighted by Crippen LogP contribution is 2.35. The molecule has 3 N–H and O–H groups in total. The van der Waals surface area contributed by atoms with Gasteiger partial charge in [-0.3, -0.25) is 4.79 Å². The molecule has 1 aromatic carbocycles. The molecule has 7 nitrogen and oxygen atoms in total. The number of methoxy groups -OCH3 is 1. The fraction of sp³-hybridized carbons (Fsp3) is 0.368. The molecule has 2 bridgehead atoms. The van der Waals surface area contributed by atoms with Crippen molar-refractivity contribution in [2.45, 2.75) is 18.9 Å². The van der Waals surface area contributed by atoms with E-state index in [4.69, 9.17) is 10.5 Å². The van der Waals surface area contributed by atoms with Gasteiger partial charge in [-0.15, -0.1) is 0 Å². The monoisotopic (exact) mass is 354 g/mol. The fourth-order valence-corrected chi connectivity index (χ4v) is 4.01. The second-order valence-corrected chi connectivity index (χ2v) is 6.99. The quantitative estimate of drug-likeness (QED) is 0.864. The Morgan fingerprint density at radius 1 is 1.15 bits per heavy atom. The van der Waals surface area contributed by atoms with Gasteiger partial charge in [-0.25, -0.2) is 4.79 Å². The summed E-state index contributed by atoms with van der Waals surface area (Å²) < 4.78 is 6.92. The Morgan fingerprint density at radius 2 is 1.92 bits per heavy atom. The summed E-state index contributed by atoms with van der Waals surface area (Å²) in [5.41, 5.74) is 7.63. The summed E-state index contributed by atoms with van der Waals surface area (Å²) in [5, 5.41) is 2.94. The third kappa shape index (κ3) is 2.89. The van der Waals surface area contributed by atoms with E-state index in [9.17, 15) is 9.59 Å². The first-order valence-electron chi connectivity index (χ1n) is 8.74. The minimum absolute atomic E-state index is 0.115. The van der Waals surface area contributed by atoms with Gasteiger partial charge in [0.1, 0.15) is 5.75 Å². The summed E-state index contributed by atoms with van der Waals surface area (Å²) in [6, 6.07) is 10.7. The number of urea groups is 1. The molecule has 0 spiro atoms. The van der Waals surface area contributed by atoms with Crippen LogP contribution >= 0.6 is 0 Å². The zero-order chi connectivity index (χ0) is 18.3. The number of rotatable bonds is 2. The Kier molecular flexibility index (Phi) is 4.06. The second kappa shape index (κ2) is 6.40. The predicted octanol–water partition coefficient (Wildman–Crippen LogP) is 2.09. The van der Waals surface area contributed by atoms with E-state index in [1.54, 1.807) is 17.7 Å². The summed E-state index contributed by atoms with van der Waals surface area (Å²) in [5.74, 6) is 1.18. The number of pyridine rings is 1. The van der Waals surface area contributed by atoms with Gasteiger partial charge in [0, 0.05) is 36.9 Å². The largest absolute Gasteiger partial charge is 0.497 e. The molecule has 0 radical (unpaired) electrons. The Balaban J connectivity index is 1.51. The van der Waals surface area contributed by atoms with E-state index in [2.05, 4.69) is 5.32 Å². The molecule has 7 heteroatoms. The average Bonchev–Trinajstić information content (AvgIpc) is 2.65. The van der Waals surface area contributed by atoms with E-state index >= 15 is 0 Å². The molecule has 1 fully saturated rings. The number of nitrogens with two attached hydrogens (primary N) is 1. The Morgan fingerprint density at radius 3 is 2.65 bits per heavy atom. The van der Waals surface area contributed by atoms with E-state index < -0.39 is 0 Å². The molecule has 2 atom stereocenters. The first kappa shape index (κ1) is 16.5. The minimum atomic E-state index is -0.117. The van der Waals surface area contributed by atoms with Gasteiger partial charge in [-0.05, 0) is 48.7 Å². The van der Waals surface area contributed by atoms with E-state index in [1.165, 1.54) is 0 Å². The number of carbonyl (C=O) groups excluding carboxylic acids is 1. The zero-order valence-corrected chi connectivity index (χ0v) is 14.6. The van der Waals surface area contributed by atoms with Gasteiger partial charge in [0.2, 0.25) is 0 Å². The van der Waals surface area contributed by atoms with Gasteiger partial charge in [-0.1, -0.05) is 0 Å². The standard InChI is InChI=1S/C19H22N4O3/c1-26-15-4-2-14(3-5-15)21-19(25)22-9-12-8-13(11-22)17-7-6-16(20)18(24)23(17)10-12/h2-7,12-13H,8-11,20H2,1H3,(H,21,25)/t12-,13+/m0/s1. The van der Waals surface area contributed by atoms with Gasteiger partial charge in [0.15, 0.2) is 0 Å². The molecule has 2 aliphatic heterocycles. The smallest absolute Gasteiger partial charge is 0.321 e. The zero-order valence-electron chi connectivity index (χ0n) is 14.6.